The Labute approximate surface area is 131 Å². The van der Waals surface area contributed by atoms with Crippen molar-refractivity contribution in [2.75, 3.05) is 45.2 Å². The van der Waals surface area contributed by atoms with E-state index >= 15 is 0 Å². The first-order valence-corrected chi connectivity index (χ1v) is 7.59. The molecule has 1 aliphatic rings. The van der Waals surface area contributed by atoms with E-state index in [1.807, 2.05) is 13.8 Å². The van der Waals surface area contributed by atoms with Gasteiger partial charge in [0.05, 0.1) is 6.61 Å². The van der Waals surface area contributed by atoms with Crippen LogP contribution in [-0.2, 0) is 0 Å². The zero-order valence-corrected chi connectivity index (χ0v) is 13.8. The number of anilines is 1. The average Bonchev–Trinajstić information content (AvgIpc) is 2.97. The Morgan fingerprint density at radius 2 is 2.14 bits per heavy atom. The number of rotatable bonds is 5. The summed E-state index contributed by atoms with van der Waals surface area (Å²) in [6.45, 7) is 5.82. The van der Waals surface area contributed by atoms with Gasteiger partial charge in [0.1, 0.15) is 5.82 Å². The van der Waals surface area contributed by atoms with Gasteiger partial charge in [0.15, 0.2) is 0 Å². The van der Waals surface area contributed by atoms with Crippen LogP contribution in [0, 0.1) is 13.8 Å². The lowest BCUT2D eigenvalue weighted by Gasteiger charge is -2.23. The average molecular weight is 307 g/mol. The van der Waals surface area contributed by atoms with Gasteiger partial charge in [-0.15, -0.1) is 0 Å². The molecule has 7 heteroatoms. The quantitative estimate of drug-likeness (QED) is 0.794. The SMILES string of the molecule is Cc1nc(C(=O)NCCO)nc(N2CC[C@@H](N(C)C)C2)c1C. The lowest BCUT2D eigenvalue weighted by molar-refractivity contribution is 0.0934. The molecule has 7 nitrogen and oxygen atoms in total. The standard InChI is InChI=1S/C15H25N5O2/c1-10-11(2)17-13(15(22)16-6-8-21)18-14(10)20-7-5-12(9-20)19(3)4/h12,21H,5-9H2,1-4H3,(H,16,22)/t12-/m1/s1. The number of nitrogens with one attached hydrogen (secondary N) is 1. The molecule has 2 rings (SSSR count). The van der Waals surface area contributed by atoms with Gasteiger partial charge in [0, 0.05) is 36.9 Å². The second-order valence-electron chi connectivity index (χ2n) is 5.91. The van der Waals surface area contributed by atoms with E-state index in [0.717, 1.165) is 36.6 Å². The molecular formula is C15H25N5O2. The zero-order chi connectivity index (χ0) is 16.3. The summed E-state index contributed by atoms with van der Waals surface area (Å²) in [5, 5.41) is 11.4. The van der Waals surface area contributed by atoms with Gasteiger partial charge in [0.25, 0.3) is 5.91 Å². The van der Waals surface area contributed by atoms with Crippen LogP contribution in [0.15, 0.2) is 0 Å². The number of aryl methyl sites for hydroxylation is 1. The highest BCUT2D eigenvalue weighted by Crippen LogP contribution is 2.25. The molecule has 0 aromatic carbocycles. The number of likely N-dealkylation sites (N-methyl/N-ethyl adjacent to an activating group) is 1. The van der Waals surface area contributed by atoms with Gasteiger partial charge in [-0.1, -0.05) is 0 Å². The fraction of sp³-hybridized carbons (Fsp3) is 0.667. The highest BCUT2D eigenvalue weighted by molar-refractivity contribution is 5.91. The number of amides is 1. The number of carbonyl (C=O) groups excluding carboxylic acids is 1. The fourth-order valence-corrected chi connectivity index (χ4v) is 2.63. The Balaban J connectivity index is 2.24. The molecule has 0 spiro atoms. The molecule has 1 aliphatic heterocycles. The number of aliphatic hydroxyl groups excluding tert-OH is 1. The van der Waals surface area contributed by atoms with E-state index < -0.39 is 0 Å². The molecule has 0 aliphatic carbocycles. The minimum Gasteiger partial charge on any atom is -0.395 e. The predicted octanol–water partition coefficient (Wildman–Crippen LogP) is -0.0442. The maximum Gasteiger partial charge on any atom is 0.289 e. The van der Waals surface area contributed by atoms with Crippen LogP contribution in [0.4, 0.5) is 5.82 Å². The Bertz CT molecular complexity index is 547. The van der Waals surface area contributed by atoms with Crippen LogP contribution in [-0.4, -0.2) is 72.3 Å². The molecule has 22 heavy (non-hydrogen) atoms. The van der Waals surface area contributed by atoms with E-state index in [1.165, 1.54) is 0 Å². The monoisotopic (exact) mass is 307 g/mol. The number of aromatic nitrogens is 2. The minimum absolute atomic E-state index is 0.0971. The molecule has 0 saturated carbocycles. The summed E-state index contributed by atoms with van der Waals surface area (Å²) in [6.07, 6.45) is 1.08. The predicted molar refractivity (Wildman–Crippen MR) is 85.2 cm³/mol. The lowest BCUT2D eigenvalue weighted by atomic mass is 10.2. The summed E-state index contributed by atoms with van der Waals surface area (Å²) in [6, 6.07) is 0.501. The van der Waals surface area contributed by atoms with E-state index in [-0.39, 0.29) is 24.9 Å². The second-order valence-corrected chi connectivity index (χ2v) is 5.91. The van der Waals surface area contributed by atoms with Crippen molar-refractivity contribution in [3.8, 4) is 0 Å². The minimum atomic E-state index is -0.346. The first-order chi connectivity index (χ1) is 10.4. The van der Waals surface area contributed by atoms with Crippen molar-refractivity contribution >= 4 is 11.7 Å². The molecule has 1 saturated heterocycles. The molecule has 1 aromatic rings. The third-order valence-corrected chi connectivity index (χ3v) is 4.16. The lowest BCUT2D eigenvalue weighted by Crippen LogP contribution is -2.33. The summed E-state index contributed by atoms with van der Waals surface area (Å²) in [5.41, 5.74) is 1.82. The Kier molecular flexibility index (Phi) is 5.31. The normalized spacial score (nSPS) is 18.1. The number of aliphatic hydroxyl groups is 1. The summed E-state index contributed by atoms with van der Waals surface area (Å²) in [5.74, 6) is 0.660. The third-order valence-electron chi connectivity index (χ3n) is 4.16. The molecule has 0 bridgehead atoms. The van der Waals surface area contributed by atoms with Crippen LogP contribution in [0.2, 0.25) is 0 Å². The molecule has 2 heterocycles. The highest BCUT2D eigenvalue weighted by Gasteiger charge is 2.27. The summed E-state index contributed by atoms with van der Waals surface area (Å²) < 4.78 is 0. The van der Waals surface area contributed by atoms with Crippen molar-refractivity contribution < 1.29 is 9.90 Å². The van der Waals surface area contributed by atoms with Gasteiger partial charge in [-0.3, -0.25) is 4.79 Å². The summed E-state index contributed by atoms with van der Waals surface area (Å²) in [7, 11) is 4.17. The smallest absolute Gasteiger partial charge is 0.289 e. The second kappa shape index (κ2) is 7.02. The van der Waals surface area contributed by atoms with E-state index in [1.54, 1.807) is 0 Å². The van der Waals surface area contributed by atoms with Gasteiger partial charge in [-0.2, -0.15) is 0 Å². The van der Waals surface area contributed by atoms with Crippen LogP contribution < -0.4 is 10.2 Å². The Hall–Kier alpha value is -1.73. The van der Waals surface area contributed by atoms with Gasteiger partial charge < -0.3 is 20.2 Å². The van der Waals surface area contributed by atoms with Crippen molar-refractivity contribution in [3.05, 3.63) is 17.1 Å². The van der Waals surface area contributed by atoms with Crippen LogP contribution in [0.3, 0.4) is 0 Å². The Morgan fingerprint density at radius 3 is 2.73 bits per heavy atom. The van der Waals surface area contributed by atoms with Gasteiger partial charge in [0.2, 0.25) is 5.82 Å². The van der Waals surface area contributed by atoms with Crippen molar-refractivity contribution in [2.24, 2.45) is 0 Å². The van der Waals surface area contributed by atoms with Gasteiger partial charge >= 0.3 is 0 Å². The van der Waals surface area contributed by atoms with E-state index in [4.69, 9.17) is 5.11 Å². The number of hydrogen-bond acceptors (Lipinski definition) is 6. The van der Waals surface area contributed by atoms with Crippen molar-refractivity contribution in [2.45, 2.75) is 26.3 Å². The first-order valence-electron chi connectivity index (χ1n) is 7.59. The van der Waals surface area contributed by atoms with E-state index in [2.05, 4.69) is 39.2 Å². The summed E-state index contributed by atoms with van der Waals surface area (Å²) >= 11 is 0. The van der Waals surface area contributed by atoms with Crippen molar-refractivity contribution in [1.82, 2.24) is 20.2 Å². The molecule has 1 amide bonds. The third kappa shape index (κ3) is 3.53. The van der Waals surface area contributed by atoms with Gasteiger partial charge in [-0.25, -0.2) is 9.97 Å². The zero-order valence-electron chi connectivity index (χ0n) is 13.8. The molecule has 0 unspecified atom stereocenters. The molecule has 1 atom stereocenters. The largest absolute Gasteiger partial charge is 0.395 e. The van der Waals surface area contributed by atoms with Crippen molar-refractivity contribution in [3.63, 3.8) is 0 Å². The molecule has 2 N–H and O–H groups in total. The molecule has 0 radical (unpaired) electrons. The molecular weight excluding hydrogens is 282 g/mol. The van der Waals surface area contributed by atoms with Crippen LogP contribution >= 0.6 is 0 Å². The van der Waals surface area contributed by atoms with Crippen molar-refractivity contribution in [1.29, 1.82) is 0 Å². The highest BCUT2D eigenvalue weighted by atomic mass is 16.3. The molecule has 122 valence electrons. The van der Waals surface area contributed by atoms with Crippen LogP contribution in [0.1, 0.15) is 28.3 Å². The molecule has 1 fully saturated rings. The topological polar surface area (TPSA) is 81.6 Å². The first kappa shape index (κ1) is 16.6. The maximum atomic E-state index is 12.0. The van der Waals surface area contributed by atoms with Crippen LogP contribution in [0.25, 0.3) is 0 Å². The number of carbonyl (C=O) groups is 1. The fourth-order valence-electron chi connectivity index (χ4n) is 2.63. The van der Waals surface area contributed by atoms with E-state index in [0.29, 0.717) is 6.04 Å². The number of nitrogens with zero attached hydrogens (tertiary/aromatic N) is 4. The van der Waals surface area contributed by atoms with Gasteiger partial charge in [-0.05, 0) is 34.4 Å². The molecule has 1 aromatic heterocycles. The maximum absolute atomic E-state index is 12.0. The van der Waals surface area contributed by atoms with Crippen LogP contribution in [0.5, 0.6) is 0 Å². The summed E-state index contributed by atoms with van der Waals surface area (Å²) in [4.78, 5) is 25.2. The Morgan fingerprint density at radius 1 is 1.41 bits per heavy atom. The van der Waals surface area contributed by atoms with E-state index in [9.17, 15) is 4.79 Å². The number of hydrogen-bond donors (Lipinski definition) is 2.